The average molecular weight is 444 g/mol. The van der Waals surface area contributed by atoms with E-state index in [1.165, 1.54) is 24.3 Å². The van der Waals surface area contributed by atoms with Crippen molar-refractivity contribution >= 4 is 28.8 Å². The molecule has 9 heteroatoms. The van der Waals surface area contributed by atoms with Crippen molar-refractivity contribution in [3.05, 3.63) is 100.0 Å². The number of nitrogens with zero attached hydrogens (tertiary/aromatic N) is 3. The van der Waals surface area contributed by atoms with E-state index in [1.54, 1.807) is 48.8 Å². The van der Waals surface area contributed by atoms with Crippen molar-refractivity contribution in [3.8, 4) is 5.75 Å². The third kappa shape index (κ3) is 4.57. The number of anilines is 1. The van der Waals surface area contributed by atoms with Gasteiger partial charge in [0.2, 0.25) is 0 Å². The number of rotatable bonds is 8. The van der Waals surface area contributed by atoms with E-state index >= 15 is 0 Å². The first-order chi connectivity index (χ1) is 16.0. The van der Waals surface area contributed by atoms with Gasteiger partial charge in [0.15, 0.2) is 0 Å². The number of carbonyl (C=O) groups excluding carboxylic acids is 2. The molecule has 0 radical (unpaired) electrons. The molecule has 1 aromatic heterocycles. The number of carbonyl (C=O) groups is 2. The van der Waals surface area contributed by atoms with Crippen molar-refractivity contribution in [2.75, 3.05) is 11.9 Å². The maximum Gasteiger partial charge on any atom is 0.278 e. The summed E-state index contributed by atoms with van der Waals surface area (Å²) in [5.74, 6) is -0.369. The fraction of sp³-hybridized carbons (Fsp3) is 0.125. The maximum absolute atomic E-state index is 13.3. The molecule has 9 nitrogen and oxygen atoms in total. The molecule has 0 fully saturated rings. The van der Waals surface area contributed by atoms with E-state index in [-0.39, 0.29) is 23.5 Å². The van der Waals surface area contributed by atoms with E-state index in [2.05, 4.69) is 10.3 Å². The van der Waals surface area contributed by atoms with Crippen LogP contribution in [-0.4, -0.2) is 33.2 Å². The number of aromatic nitrogens is 1. The first-order valence-electron chi connectivity index (χ1n) is 10.2. The lowest BCUT2D eigenvalue weighted by Gasteiger charge is -2.15. The summed E-state index contributed by atoms with van der Waals surface area (Å²) in [7, 11) is 0. The molecule has 4 rings (SSSR count). The summed E-state index contributed by atoms with van der Waals surface area (Å²) in [5.41, 5.74) is 1.85. The Hall–Kier alpha value is -4.53. The van der Waals surface area contributed by atoms with Crippen LogP contribution in [-0.2, 0) is 16.1 Å². The molecule has 2 amide bonds. The minimum Gasteiger partial charge on any atom is -0.494 e. The Morgan fingerprint density at radius 1 is 1.03 bits per heavy atom. The van der Waals surface area contributed by atoms with Crippen LogP contribution in [0.15, 0.2) is 78.8 Å². The number of pyridine rings is 1. The lowest BCUT2D eigenvalue weighted by molar-refractivity contribution is -0.384. The second-order valence-corrected chi connectivity index (χ2v) is 7.19. The summed E-state index contributed by atoms with van der Waals surface area (Å²) >= 11 is 0. The summed E-state index contributed by atoms with van der Waals surface area (Å²) in [4.78, 5) is 42.3. The van der Waals surface area contributed by atoms with Crippen LogP contribution in [0.5, 0.6) is 5.75 Å². The SMILES string of the molecule is CCOc1cccc(NC2=C(c3ccc([N+](=O)[O-])cc3)C(=O)N(Cc3ccncc3)C2=O)c1. The third-order valence-electron chi connectivity index (χ3n) is 5.04. The van der Waals surface area contributed by atoms with Crippen molar-refractivity contribution in [3.63, 3.8) is 0 Å². The van der Waals surface area contributed by atoms with E-state index in [1.807, 2.05) is 6.92 Å². The Morgan fingerprint density at radius 2 is 1.76 bits per heavy atom. The predicted molar refractivity (Wildman–Crippen MR) is 121 cm³/mol. The van der Waals surface area contributed by atoms with Crippen LogP contribution in [0.25, 0.3) is 5.57 Å². The van der Waals surface area contributed by atoms with Gasteiger partial charge in [-0.3, -0.25) is 29.6 Å². The quantitative estimate of drug-likeness (QED) is 0.319. The number of nitro benzene ring substituents is 1. The highest BCUT2D eigenvalue weighted by molar-refractivity contribution is 6.36. The number of amides is 2. The highest BCUT2D eigenvalue weighted by Gasteiger charge is 2.39. The first kappa shape index (κ1) is 21.7. The molecule has 33 heavy (non-hydrogen) atoms. The summed E-state index contributed by atoms with van der Waals surface area (Å²) in [6, 6.07) is 16.0. The fourth-order valence-electron chi connectivity index (χ4n) is 3.50. The zero-order valence-electron chi connectivity index (χ0n) is 17.7. The third-order valence-corrected chi connectivity index (χ3v) is 5.04. The van der Waals surface area contributed by atoms with Gasteiger partial charge in [0.05, 0.1) is 23.6 Å². The van der Waals surface area contributed by atoms with Crippen molar-refractivity contribution in [1.82, 2.24) is 9.88 Å². The predicted octanol–water partition coefficient (Wildman–Crippen LogP) is 3.78. The van der Waals surface area contributed by atoms with Crippen molar-refractivity contribution in [2.24, 2.45) is 0 Å². The number of non-ortho nitro benzene ring substituents is 1. The monoisotopic (exact) mass is 444 g/mol. The molecule has 1 N–H and O–H groups in total. The Morgan fingerprint density at radius 3 is 2.42 bits per heavy atom. The molecular weight excluding hydrogens is 424 g/mol. The molecule has 166 valence electrons. The fourth-order valence-corrected chi connectivity index (χ4v) is 3.50. The summed E-state index contributed by atoms with van der Waals surface area (Å²) in [5, 5.41) is 14.1. The molecule has 2 aromatic carbocycles. The van der Waals surface area contributed by atoms with Crippen LogP contribution < -0.4 is 10.1 Å². The largest absolute Gasteiger partial charge is 0.494 e. The van der Waals surface area contributed by atoms with Gasteiger partial charge in [-0.15, -0.1) is 0 Å². The maximum atomic E-state index is 13.3. The van der Waals surface area contributed by atoms with Crippen molar-refractivity contribution in [2.45, 2.75) is 13.5 Å². The lowest BCUT2D eigenvalue weighted by Crippen LogP contribution is -2.32. The van der Waals surface area contributed by atoms with Crippen LogP contribution >= 0.6 is 0 Å². The Labute approximate surface area is 189 Å². The van der Waals surface area contributed by atoms with Crippen molar-refractivity contribution in [1.29, 1.82) is 0 Å². The number of nitro groups is 1. The van der Waals surface area contributed by atoms with E-state index in [9.17, 15) is 19.7 Å². The minimum atomic E-state index is -0.520. The van der Waals surface area contributed by atoms with Gasteiger partial charge in [0.1, 0.15) is 11.4 Å². The molecule has 0 spiro atoms. The van der Waals surface area contributed by atoms with Crippen molar-refractivity contribution < 1.29 is 19.2 Å². The molecule has 1 aliphatic rings. The van der Waals surface area contributed by atoms with Crippen LogP contribution in [0.3, 0.4) is 0 Å². The van der Waals surface area contributed by atoms with Gasteiger partial charge in [-0.2, -0.15) is 0 Å². The summed E-state index contributed by atoms with van der Waals surface area (Å²) in [6.07, 6.45) is 3.17. The lowest BCUT2D eigenvalue weighted by atomic mass is 10.0. The highest BCUT2D eigenvalue weighted by Crippen LogP contribution is 2.33. The number of hydrogen-bond acceptors (Lipinski definition) is 7. The summed E-state index contributed by atoms with van der Waals surface area (Å²) in [6.45, 7) is 2.42. The molecule has 0 saturated heterocycles. The van der Waals surface area contributed by atoms with E-state index in [0.717, 1.165) is 10.5 Å². The number of hydrogen-bond donors (Lipinski definition) is 1. The second kappa shape index (κ2) is 9.31. The van der Waals surface area contributed by atoms with E-state index in [4.69, 9.17) is 4.74 Å². The normalized spacial score (nSPS) is 13.4. The Bertz CT molecular complexity index is 1240. The van der Waals surface area contributed by atoms with Gasteiger partial charge in [0.25, 0.3) is 17.5 Å². The van der Waals surface area contributed by atoms with Gasteiger partial charge < -0.3 is 10.1 Å². The minimum absolute atomic E-state index is 0.0703. The molecule has 2 heterocycles. The van der Waals surface area contributed by atoms with Crippen LogP contribution in [0.4, 0.5) is 11.4 Å². The number of ether oxygens (including phenoxy) is 1. The molecule has 0 bridgehead atoms. The molecule has 3 aromatic rings. The van der Waals surface area contributed by atoms with Crippen LogP contribution in [0.1, 0.15) is 18.1 Å². The van der Waals surface area contributed by atoms with Crippen LogP contribution in [0, 0.1) is 10.1 Å². The smallest absolute Gasteiger partial charge is 0.278 e. The molecule has 0 unspecified atom stereocenters. The topological polar surface area (TPSA) is 115 Å². The zero-order valence-corrected chi connectivity index (χ0v) is 17.7. The average Bonchev–Trinajstić information content (AvgIpc) is 3.04. The van der Waals surface area contributed by atoms with Gasteiger partial charge in [0, 0.05) is 36.3 Å². The molecule has 1 aliphatic heterocycles. The number of nitrogens with one attached hydrogen (secondary N) is 1. The second-order valence-electron chi connectivity index (χ2n) is 7.19. The van der Waals surface area contributed by atoms with Crippen LogP contribution in [0.2, 0.25) is 0 Å². The highest BCUT2D eigenvalue weighted by atomic mass is 16.6. The molecule has 0 atom stereocenters. The van der Waals surface area contributed by atoms with E-state index in [0.29, 0.717) is 23.6 Å². The number of imide groups is 1. The zero-order chi connectivity index (χ0) is 23.4. The van der Waals surface area contributed by atoms with Gasteiger partial charge in [-0.25, -0.2) is 0 Å². The molecule has 0 aliphatic carbocycles. The standard InChI is InChI=1S/C24H20N4O5/c1-2-33-20-5-3-4-18(14-20)26-22-21(17-6-8-19(9-7-17)28(31)32)23(29)27(24(22)30)15-16-10-12-25-13-11-16/h3-14,26H,2,15H2,1H3. The van der Waals surface area contributed by atoms with Gasteiger partial charge in [-0.1, -0.05) is 6.07 Å². The van der Waals surface area contributed by atoms with Gasteiger partial charge in [-0.05, 0) is 54.4 Å². The molecular formula is C24H20N4O5. The first-order valence-corrected chi connectivity index (χ1v) is 10.2. The Balaban J connectivity index is 1.73. The van der Waals surface area contributed by atoms with Gasteiger partial charge >= 0.3 is 0 Å². The molecule has 0 saturated carbocycles. The Kier molecular flexibility index (Phi) is 6.12. The van der Waals surface area contributed by atoms with E-state index < -0.39 is 16.7 Å². The number of benzene rings is 2. The summed E-state index contributed by atoms with van der Waals surface area (Å²) < 4.78 is 5.52.